The lowest BCUT2D eigenvalue weighted by atomic mass is 9.91. The Kier molecular flexibility index (Phi) is 6.30. The molecule has 2 aliphatic heterocycles. The summed E-state index contributed by atoms with van der Waals surface area (Å²) in [6.45, 7) is 8.03. The molecule has 0 aromatic heterocycles. The summed E-state index contributed by atoms with van der Waals surface area (Å²) < 4.78 is 0. The maximum Gasteiger partial charge on any atom is 0.255 e. The average molecular weight is 357 g/mol. The van der Waals surface area contributed by atoms with E-state index in [2.05, 4.69) is 24.5 Å². The zero-order valence-corrected chi connectivity index (χ0v) is 16.0. The van der Waals surface area contributed by atoms with Gasteiger partial charge in [0.25, 0.3) is 5.91 Å². The molecule has 3 rings (SSSR count). The maximum absolute atomic E-state index is 13.0. The van der Waals surface area contributed by atoms with Crippen molar-refractivity contribution in [2.75, 3.05) is 31.5 Å². The Labute approximate surface area is 156 Å². The van der Waals surface area contributed by atoms with Crippen molar-refractivity contribution in [1.29, 1.82) is 0 Å². The number of anilines is 1. The van der Waals surface area contributed by atoms with Gasteiger partial charge in [-0.25, -0.2) is 0 Å². The summed E-state index contributed by atoms with van der Waals surface area (Å²) in [5.41, 5.74) is 1.24. The average Bonchev–Trinajstić information content (AvgIpc) is 3.12. The minimum Gasteiger partial charge on any atom is -0.338 e. The molecule has 0 spiro atoms. The lowest BCUT2D eigenvalue weighted by molar-refractivity contribution is -0.116. The lowest BCUT2D eigenvalue weighted by Crippen LogP contribution is -2.42. The third-order valence-electron chi connectivity index (χ3n) is 5.53. The number of nitrogens with zero attached hydrogens (tertiary/aromatic N) is 1. The molecule has 0 saturated carbocycles. The fourth-order valence-electron chi connectivity index (χ4n) is 4.29. The number of benzene rings is 1. The van der Waals surface area contributed by atoms with Crippen LogP contribution in [0, 0.1) is 17.8 Å². The quantitative estimate of drug-likeness (QED) is 0.851. The molecule has 5 nitrogen and oxygen atoms in total. The molecule has 5 heteroatoms. The highest BCUT2D eigenvalue weighted by Gasteiger charge is 2.27. The number of piperidine rings is 1. The van der Waals surface area contributed by atoms with Gasteiger partial charge >= 0.3 is 0 Å². The minimum absolute atomic E-state index is 0.00229. The van der Waals surface area contributed by atoms with E-state index in [0.29, 0.717) is 35.4 Å². The van der Waals surface area contributed by atoms with Gasteiger partial charge in [0.1, 0.15) is 0 Å². The number of likely N-dealkylation sites (tertiary alicyclic amines) is 1. The largest absolute Gasteiger partial charge is 0.338 e. The zero-order chi connectivity index (χ0) is 18.5. The molecule has 3 atom stereocenters. The molecule has 2 N–H and O–H groups in total. The van der Waals surface area contributed by atoms with Gasteiger partial charge in [-0.3, -0.25) is 9.59 Å². The Morgan fingerprint density at radius 3 is 2.62 bits per heavy atom. The number of hydrogen-bond acceptors (Lipinski definition) is 3. The van der Waals surface area contributed by atoms with E-state index >= 15 is 0 Å². The third kappa shape index (κ3) is 4.85. The summed E-state index contributed by atoms with van der Waals surface area (Å²) >= 11 is 0. The van der Waals surface area contributed by atoms with Gasteiger partial charge in [-0.05, 0) is 62.2 Å². The van der Waals surface area contributed by atoms with Gasteiger partial charge in [0.05, 0.1) is 11.3 Å². The second-order valence-electron chi connectivity index (χ2n) is 8.15. The van der Waals surface area contributed by atoms with Crippen molar-refractivity contribution in [2.24, 2.45) is 17.8 Å². The molecule has 2 heterocycles. The summed E-state index contributed by atoms with van der Waals surface area (Å²) in [6.07, 6.45) is 3.72. The molecule has 1 aromatic rings. The maximum atomic E-state index is 13.0. The SMILES string of the molecule is CC1CC(C)CN(C(=O)c2ccccc2NC(=O)CCC2CCNC2)C1. The summed E-state index contributed by atoms with van der Waals surface area (Å²) in [4.78, 5) is 27.3. The Bertz CT molecular complexity index is 630. The molecule has 0 radical (unpaired) electrons. The molecule has 2 saturated heterocycles. The first-order valence-electron chi connectivity index (χ1n) is 9.91. The van der Waals surface area contributed by atoms with Crippen LogP contribution in [0.4, 0.5) is 5.69 Å². The van der Waals surface area contributed by atoms with E-state index in [-0.39, 0.29) is 11.8 Å². The highest BCUT2D eigenvalue weighted by molar-refractivity contribution is 6.03. The number of nitrogens with one attached hydrogen (secondary N) is 2. The summed E-state index contributed by atoms with van der Waals surface area (Å²) in [7, 11) is 0. The van der Waals surface area contributed by atoms with E-state index in [0.717, 1.165) is 45.4 Å². The summed E-state index contributed by atoms with van der Waals surface area (Å²) in [5.74, 6) is 1.65. The second kappa shape index (κ2) is 8.67. The predicted octanol–water partition coefficient (Wildman–Crippen LogP) is 3.13. The van der Waals surface area contributed by atoms with Crippen LogP contribution in [-0.4, -0.2) is 42.9 Å². The number of hydrogen-bond donors (Lipinski definition) is 2. The van der Waals surface area contributed by atoms with Gasteiger partial charge in [-0.15, -0.1) is 0 Å². The van der Waals surface area contributed by atoms with E-state index in [4.69, 9.17) is 0 Å². The smallest absolute Gasteiger partial charge is 0.255 e. The van der Waals surface area contributed by atoms with Gasteiger partial charge in [-0.2, -0.15) is 0 Å². The van der Waals surface area contributed by atoms with Gasteiger partial charge in [0.15, 0.2) is 0 Å². The highest BCUT2D eigenvalue weighted by atomic mass is 16.2. The third-order valence-corrected chi connectivity index (χ3v) is 5.53. The van der Waals surface area contributed by atoms with Crippen molar-refractivity contribution in [1.82, 2.24) is 10.2 Å². The Morgan fingerprint density at radius 1 is 1.19 bits per heavy atom. The monoisotopic (exact) mass is 357 g/mol. The number of carbonyl (C=O) groups excluding carboxylic acids is 2. The highest BCUT2D eigenvalue weighted by Crippen LogP contribution is 2.25. The lowest BCUT2D eigenvalue weighted by Gasteiger charge is -2.35. The van der Waals surface area contributed by atoms with Crippen molar-refractivity contribution >= 4 is 17.5 Å². The van der Waals surface area contributed by atoms with Crippen LogP contribution < -0.4 is 10.6 Å². The molecule has 0 aliphatic carbocycles. The predicted molar refractivity (Wildman–Crippen MR) is 104 cm³/mol. The van der Waals surface area contributed by atoms with Gasteiger partial charge < -0.3 is 15.5 Å². The van der Waals surface area contributed by atoms with Gasteiger partial charge in [0, 0.05) is 19.5 Å². The molecule has 2 fully saturated rings. The molecule has 2 amide bonds. The Balaban J connectivity index is 1.63. The number of amides is 2. The first-order valence-corrected chi connectivity index (χ1v) is 9.91. The standard InChI is InChI=1S/C21H31N3O2/c1-15-11-16(2)14-24(13-15)21(26)18-5-3-4-6-19(18)23-20(25)8-7-17-9-10-22-12-17/h3-6,15-17,22H,7-14H2,1-2H3,(H,23,25). The Hall–Kier alpha value is -1.88. The topological polar surface area (TPSA) is 61.4 Å². The molecule has 1 aromatic carbocycles. The van der Waals surface area contributed by atoms with E-state index in [1.165, 1.54) is 0 Å². The van der Waals surface area contributed by atoms with Crippen LogP contribution in [0.1, 0.15) is 49.9 Å². The normalized spacial score (nSPS) is 25.9. The van der Waals surface area contributed by atoms with Crippen molar-refractivity contribution in [3.05, 3.63) is 29.8 Å². The van der Waals surface area contributed by atoms with Crippen LogP contribution in [-0.2, 0) is 4.79 Å². The number of carbonyl (C=O) groups is 2. The fourth-order valence-corrected chi connectivity index (χ4v) is 4.29. The van der Waals surface area contributed by atoms with Gasteiger partial charge in [-0.1, -0.05) is 26.0 Å². The molecular formula is C21H31N3O2. The van der Waals surface area contributed by atoms with Crippen LogP contribution in [0.5, 0.6) is 0 Å². The van der Waals surface area contributed by atoms with Crippen molar-refractivity contribution in [3.63, 3.8) is 0 Å². The molecule has 2 aliphatic rings. The molecule has 3 unspecified atom stereocenters. The van der Waals surface area contributed by atoms with Crippen LogP contribution >= 0.6 is 0 Å². The van der Waals surface area contributed by atoms with Gasteiger partial charge in [0.2, 0.25) is 5.91 Å². The van der Waals surface area contributed by atoms with E-state index in [9.17, 15) is 9.59 Å². The number of para-hydroxylation sites is 1. The van der Waals surface area contributed by atoms with Crippen molar-refractivity contribution < 1.29 is 9.59 Å². The van der Waals surface area contributed by atoms with Crippen molar-refractivity contribution in [2.45, 2.75) is 39.5 Å². The van der Waals surface area contributed by atoms with Crippen LogP contribution in [0.2, 0.25) is 0 Å². The molecule has 0 bridgehead atoms. The molecule has 26 heavy (non-hydrogen) atoms. The van der Waals surface area contributed by atoms with Crippen LogP contribution in [0.15, 0.2) is 24.3 Å². The minimum atomic E-state index is -0.00229. The first kappa shape index (κ1) is 18.9. The first-order chi connectivity index (χ1) is 12.5. The Morgan fingerprint density at radius 2 is 1.92 bits per heavy atom. The van der Waals surface area contributed by atoms with E-state index in [1.807, 2.05) is 29.2 Å². The van der Waals surface area contributed by atoms with E-state index in [1.54, 1.807) is 0 Å². The molecular weight excluding hydrogens is 326 g/mol. The second-order valence-corrected chi connectivity index (χ2v) is 8.15. The summed E-state index contributed by atoms with van der Waals surface area (Å²) in [5, 5.41) is 6.30. The van der Waals surface area contributed by atoms with E-state index < -0.39 is 0 Å². The summed E-state index contributed by atoms with van der Waals surface area (Å²) in [6, 6.07) is 7.39. The van der Waals surface area contributed by atoms with Crippen LogP contribution in [0.25, 0.3) is 0 Å². The van der Waals surface area contributed by atoms with Crippen LogP contribution in [0.3, 0.4) is 0 Å². The fraction of sp³-hybridized carbons (Fsp3) is 0.619. The zero-order valence-electron chi connectivity index (χ0n) is 16.0. The van der Waals surface area contributed by atoms with Crippen molar-refractivity contribution in [3.8, 4) is 0 Å². The molecule has 142 valence electrons. The number of rotatable bonds is 5.